The van der Waals surface area contributed by atoms with Crippen LogP contribution in [-0.4, -0.2) is 33.3 Å². The van der Waals surface area contributed by atoms with Crippen LogP contribution in [0.25, 0.3) is 5.82 Å². The lowest BCUT2D eigenvalue weighted by Gasteiger charge is -2.08. The Kier molecular flexibility index (Phi) is 5.49. The molecule has 2 aromatic heterocycles. The number of nitrogens with one attached hydrogen (secondary N) is 1. The van der Waals surface area contributed by atoms with E-state index in [-0.39, 0.29) is 12.5 Å². The number of hydrogen-bond donors (Lipinski definition) is 2. The maximum absolute atomic E-state index is 12.7. The third kappa shape index (κ3) is 4.22. The van der Waals surface area contributed by atoms with Gasteiger partial charge in [0.1, 0.15) is 11.5 Å². The van der Waals surface area contributed by atoms with Gasteiger partial charge < -0.3 is 19.7 Å². The van der Waals surface area contributed by atoms with Crippen LogP contribution in [0.1, 0.15) is 33.1 Å². The van der Waals surface area contributed by atoms with Gasteiger partial charge in [-0.25, -0.2) is 4.79 Å². The van der Waals surface area contributed by atoms with Gasteiger partial charge in [-0.3, -0.25) is 9.36 Å². The summed E-state index contributed by atoms with van der Waals surface area (Å²) in [6.45, 7) is 5.44. The number of carbonyl (C=O) groups excluding carboxylic acids is 1. The highest BCUT2D eigenvalue weighted by Gasteiger charge is 2.18. The Balaban J connectivity index is 1.71. The number of carbonyl (C=O) groups is 2. The molecule has 0 spiro atoms. The summed E-state index contributed by atoms with van der Waals surface area (Å²) in [4.78, 5) is 23.3. The minimum Gasteiger partial charge on any atom is -0.482 e. The van der Waals surface area contributed by atoms with Gasteiger partial charge in [0.15, 0.2) is 12.4 Å². The Morgan fingerprint density at radius 1 is 1.21 bits per heavy atom. The zero-order chi connectivity index (χ0) is 20.3. The number of rotatable bonds is 7. The topological polar surface area (TPSA) is 107 Å². The number of carboxylic acid groups (broad SMARTS) is 1. The highest BCUT2D eigenvalue weighted by Crippen LogP contribution is 2.21. The SMILES string of the molecule is Cc1cc(-n2c(C)cc(C(=O)NCc3cccc(OCC(=O)O)c3)c2C)no1. The molecular weight excluding hydrogens is 362 g/mol. The molecule has 1 amide bonds. The van der Waals surface area contributed by atoms with Crippen LogP contribution in [0, 0.1) is 20.8 Å². The fraction of sp³-hybridized carbons (Fsp3) is 0.250. The second kappa shape index (κ2) is 7.99. The third-order valence-corrected chi connectivity index (χ3v) is 4.23. The summed E-state index contributed by atoms with van der Waals surface area (Å²) in [5.74, 6) is 0.509. The van der Waals surface area contributed by atoms with Gasteiger partial charge in [-0.2, -0.15) is 0 Å². The number of amides is 1. The average Bonchev–Trinajstić information content (AvgIpc) is 3.20. The molecule has 0 aliphatic carbocycles. The van der Waals surface area contributed by atoms with E-state index in [1.807, 2.05) is 37.5 Å². The van der Waals surface area contributed by atoms with E-state index in [0.29, 0.717) is 22.9 Å². The molecule has 0 saturated heterocycles. The van der Waals surface area contributed by atoms with Crippen LogP contribution < -0.4 is 10.1 Å². The van der Waals surface area contributed by atoms with Crippen molar-refractivity contribution in [2.75, 3.05) is 6.61 Å². The van der Waals surface area contributed by atoms with E-state index in [0.717, 1.165) is 17.0 Å². The molecule has 2 heterocycles. The highest BCUT2D eigenvalue weighted by molar-refractivity contribution is 5.95. The van der Waals surface area contributed by atoms with Crippen LogP contribution in [0.15, 0.2) is 40.9 Å². The van der Waals surface area contributed by atoms with Crippen molar-refractivity contribution in [2.45, 2.75) is 27.3 Å². The van der Waals surface area contributed by atoms with Gasteiger partial charge in [-0.15, -0.1) is 0 Å². The van der Waals surface area contributed by atoms with E-state index in [2.05, 4.69) is 10.5 Å². The Hall–Kier alpha value is -3.55. The Labute approximate surface area is 161 Å². The maximum Gasteiger partial charge on any atom is 0.341 e. The van der Waals surface area contributed by atoms with Gasteiger partial charge in [0.2, 0.25) is 0 Å². The number of benzene rings is 1. The first kappa shape index (κ1) is 19.2. The molecule has 0 atom stereocenters. The van der Waals surface area contributed by atoms with Crippen LogP contribution in [0.3, 0.4) is 0 Å². The number of nitrogens with zero attached hydrogens (tertiary/aromatic N) is 2. The Morgan fingerprint density at radius 3 is 2.68 bits per heavy atom. The van der Waals surface area contributed by atoms with E-state index >= 15 is 0 Å². The smallest absolute Gasteiger partial charge is 0.341 e. The lowest BCUT2D eigenvalue weighted by Crippen LogP contribution is -2.23. The van der Waals surface area contributed by atoms with Crippen molar-refractivity contribution < 1.29 is 24.0 Å². The summed E-state index contributed by atoms with van der Waals surface area (Å²) in [5.41, 5.74) is 3.00. The molecule has 1 aromatic carbocycles. The van der Waals surface area contributed by atoms with Gasteiger partial charge >= 0.3 is 5.97 Å². The first-order chi connectivity index (χ1) is 13.3. The molecule has 0 unspecified atom stereocenters. The first-order valence-corrected chi connectivity index (χ1v) is 8.69. The normalized spacial score (nSPS) is 10.7. The Bertz CT molecular complexity index is 1020. The van der Waals surface area contributed by atoms with Crippen molar-refractivity contribution in [3.63, 3.8) is 0 Å². The lowest BCUT2D eigenvalue weighted by molar-refractivity contribution is -0.139. The molecule has 28 heavy (non-hydrogen) atoms. The second-order valence-corrected chi connectivity index (χ2v) is 6.43. The van der Waals surface area contributed by atoms with Crippen molar-refractivity contribution in [3.8, 4) is 11.6 Å². The zero-order valence-electron chi connectivity index (χ0n) is 15.9. The van der Waals surface area contributed by atoms with E-state index in [1.165, 1.54) is 0 Å². The van der Waals surface area contributed by atoms with Crippen molar-refractivity contribution in [2.24, 2.45) is 0 Å². The van der Waals surface area contributed by atoms with Crippen LogP contribution in [0.4, 0.5) is 0 Å². The molecule has 2 N–H and O–H groups in total. The first-order valence-electron chi connectivity index (χ1n) is 8.69. The Morgan fingerprint density at radius 2 is 2.00 bits per heavy atom. The average molecular weight is 383 g/mol. The quantitative estimate of drug-likeness (QED) is 0.650. The summed E-state index contributed by atoms with van der Waals surface area (Å²) < 4.78 is 12.2. The molecule has 0 bridgehead atoms. The highest BCUT2D eigenvalue weighted by atomic mass is 16.5. The summed E-state index contributed by atoms with van der Waals surface area (Å²) in [6, 6.07) is 10.6. The molecule has 0 aliphatic rings. The van der Waals surface area contributed by atoms with Crippen molar-refractivity contribution >= 4 is 11.9 Å². The second-order valence-electron chi connectivity index (χ2n) is 6.43. The number of hydrogen-bond acceptors (Lipinski definition) is 5. The molecule has 0 fully saturated rings. The zero-order valence-corrected chi connectivity index (χ0v) is 15.9. The minimum atomic E-state index is -1.05. The maximum atomic E-state index is 12.7. The van der Waals surface area contributed by atoms with Crippen LogP contribution >= 0.6 is 0 Å². The van der Waals surface area contributed by atoms with Crippen molar-refractivity contribution in [1.82, 2.24) is 15.0 Å². The summed E-state index contributed by atoms with van der Waals surface area (Å²) >= 11 is 0. The molecule has 0 radical (unpaired) electrons. The predicted molar refractivity (Wildman–Crippen MR) is 101 cm³/mol. The molecule has 8 heteroatoms. The van der Waals surface area contributed by atoms with Crippen molar-refractivity contribution in [1.29, 1.82) is 0 Å². The van der Waals surface area contributed by atoms with E-state index < -0.39 is 12.6 Å². The number of aliphatic carboxylic acids is 1. The van der Waals surface area contributed by atoms with Crippen LogP contribution in [-0.2, 0) is 11.3 Å². The minimum absolute atomic E-state index is 0.212. The summed E-state index contributed by atoms with van der Waals surface area (Å²) in [7, 11) is 0. The molecular formula is C20H21N3O5. The van der Waals surface area contributed by atoms with Gasteiger partial charge in [-0.1, -0.05) is 17.3 Å². The monoisotopic (exact) mass is 383 g/mol. The molecule has 0 saturated carbocycles. The van der Waals surface area contributed by atoms with Gasteiger partial charge in [0.05, 0.1) is 5.56 Å². The van der Waals surface area contributed by atoms with Crippen LogP contribution in [0.2, 0.25) is 0 Å². The van der Waals surface area contributed by atoms with E-state index in [1.54, 1.807) is 24.3 Å². The lowest BCUT2D eigenvalue weighted by atomic mass is 10.2. The van der Waals surface area contributed by atoms with Gasteiger partial charge in [-0.05, 0) is 44.5 Å². The van der Waals surface area contributed by atoms with E-state index in [4.69, 9.17) is 14.4 Å². The fourth-order valence-corrected chi connectivity index (χ4v) is 2.97. The summed E-state index contributed by atoms with van der Waals surface area (Å²) in [6.07, 6.45) is 0. The number of aromatic nitrogens is 2. The molecule has 0 aliphatic heterocycles. The van der Waals surface area contributed by atoms with Crippen LogP contribution in [0.5, 0.6) is 5.75 Å². The molecule has 8 nitrogen and oxygen atoms in total. The standard InChI is InChI=1S/C20H21N3O5/c1-12-7-17(14(3)23(12)18-8-13(2)28-22-18)20(26)21-10-15-5-4-6-16(9-15)27-11-19(24)25/h4-9H,10-11H2,1-3H3,(H,21,26)(H,24,25). The largest absolute Gasteiger partial charge is 0.482 e. The molecule has 146 valence electrons. The molecule has 3 aromatic rings. The van der Waals surface area contributed by atoms with Gasteiger partial charge in [0, 0.05) is 24.0 Å². The fourth-order valence-electron chi connectivity index (χ4n) is 2.97. The number of ether oxygens (including phenoxy) is 1. The molecule has 3 rings (SSSR count). The third-order valence-electron chi connectivity index (χ3n) is 4.23. The number of carboxylic acids is 1. The summed E-state index contributed by atoms with van der Waals surface area (Å²) in [5, 5.41) is 15.6. The van der Waals surface area contributed by atoms with Crippen molar-refractivity contribution in [3.05, 3.63) is 64.7 Å². The number of aryl methyl sites for hydroxylation is 2. The van der Waals surface area contributed by atoms with Gasteiger partial charge in [0.25, 0.3) is 5.91 Å². The predicted octanol–water partition coefficient (Wildman–Crippen LogP) is 2.78. The van der Waals surface area contributed by atoms with E-state index in [9.17, 15) is 9.59 Å².